The van der Waals surface area contributed by atoms with E-state index in [0.29, 0.717) is 45.4 Å². The topological polar surface area (TPSA) is 105 Å². The minimum absolute atomic E-state index is 0.0629. The smallest absolute Gasteiger partial charge is 0.410 e. The van der Waals surface area contributed by atoms with Gasteiger partial charge in [-0.25, -0.2) is 13.2 Å². The molecule has 0 spiro atoms. The first-order valence-corrected chi connectivity index (χ1v) is 12.4. The SMILES string of the molecule is C=CC(=O)NC1CC2CN(S(=O)(=O)C3CCN(C(=O)OCc4ccccc4)CC3)CC2O1. The number of carbonyl (C=O) groups is 2. The first-order valence-electron chi connectivity index (χ1n) is 10.9. The van der Waals surface area contributed by atoms with Crippen LogP contribution in [-0.2, 0) is 30.9 Å². The minimum atomic E-state index is -3.48. The highest BCUT2D eigenvalue weighted by Crippen LogP contribution is 2.35. The Kier molecular flexibility index (Phi) is 6.82. The molecule has 174 valence electrons. The van der Waals surface area contributed by atoms with Gasteiger partial charge in [-0.3, -0.25) is 4.79 Å². The Morgan fingerprint density at radius 2 is 1.91 bits per heavy atom. The number of rotatable bonds is 6. The van der Waals surface area contributed by atoms with Gasteiger partial charge in [-0.15, -0.1) is 0 Å². The molecule has 3 unspecified atom stereocenters. The molecule has 0 bridgehead atoms. The van der Waals surface area contributed by atoms with Gasteiger partial charge in [0.2, 0.25) is 15.9 Å². The van der Waals surface area contributed by atoms with Crippen LogP contribution in [0.15, 0.2) is 43.0 Å². The zero-order valence-corrected chi connectivity index (χ0v) is 18.7. The number of hydrogen-bond acceptors (Lipinski definition) is 6. The van der Waals surface area contributed by atoms with E-state index in [2.05, 4.69) is 11.9 Å². The van der Waals surface area contributed by atoms with Crippen LogP contribution in [-0.4, -0.2) is 73.4 Å². The van der Waals surface area contributed by atoms with Gasteiger partial charge in [0.05, 0.1) is 11.4 Å². The second-order valence-corrected chi connectivity index (χ2v) is 10.7. The number of nitrogens with one attached hydrogen (secondary N) is 1. The molecule has 3 saturated heterocycles. The molecule has 3 aliphatic rings. The van der Waals surface area contributed by atoms with Crippen LogP contribution in [0, 0.1) is 5.92 Å². The molecule has 0 radical (unpaired) electrons. The largest absolute Gasteiger partial charge is 0.445 e. The lowest BCUT2D eigenvalue weighted by atomic mass is 10.1. The molecule has 2 amide bonds. The van der Waals surface area contributed by atoms with Gasteiger partial charge in [0.15, 0.2) is 0 Å². The van der Waals surface area contributed by atoms with E-state index < -0.39 is 27.6 Å². The molecule has 3 atom stereocenters. The lowest BCUT2D eigenvalue weighted by Gasteiger charge is -2.33. The fourth-order valence-corrected chi connectivity index (χ4v) is 6.58. The molecule has 3 aliphatic heterocycles. The van der Waals surface area contributed by atoms with Crippen molar-refractivity contribution in [2.75, 3.05) is 26.2 Å². The summed E-state index contributed by atoms with van der Waals surface area (Å²) >= 11 is 0. The van der Waals surface area contributed by atoms with Gasteiger partial charge in [0, 0.05) is 32.1 Å². The highest BCUT2D eigenvalue weighted by Gasteiger charge is 2.48. The number of ether oxygens (including phenoxy) is 2. The van der Waals surface area contributed by atoms with Crippen LogP contribution in [0.1, 0.15) is 24.8 Å². The Morgan fingerprint density at radius 3 is 2.56 bits per heavy atom. The standard InChI is InChI=1S/C22H29N3O6S/c1-2-20(26)23-21-12-17-13-25(14-19(17)31-21)32(28,29)18-8-10-24(11-9-18)22(27)30-15-16-6-4-3-5-7-16/h2-7,17-19,21H,1,8-15H2,(H,23,26). The summed E-state index contributed by atoms with van der Waals surface area (Å²) in [7, 11) is -3.48. The maximum Gasteiger partial charge on any atom is 0.410 e. The summed E-state index contributed by atoms with van der Waals surface area (Å²) in [6.07, 6.45) is 1.51. The highest BCUT2D eigenvalue weighted by atomic mass is 32.2. The summed E-state index contributed by atoms with van der Waals surface area (Å²) in [5, 5.41) is 2.20. The number of piperidine rings is 1. The summed E-state index contributed by atoms with van der Waals surface area (Å²) in [6.45, 7) is 5.02. The van der Waals surface area contributed by atoms with Gasteiger partial charge in [-0.2, -0.15) is 4.31 Å². The first-order chi connectivity index (χ1) is 15.4. The van der Waals surface area contributed by atoms with Crippen LogP contribution in [0.5, 0.6) is 0 Å². The van der Waals surface area contributed by atoms with Crippen molar-refractivity contribution in [3.63, 3.8) is 0 Å². The minimum Gasteiger partial charge on any atom is -0.445 e. The molecule has 1 aromatic rings. The number of fused-ring (bicyclic) bond motifs is 1. The van der Waals surface area contributed by atoms with Crippen molar-refractivity contribution < 1.29 is 27.5 Å². The summed E-state index contributed by atoms with van der Waals surface area (Å²) in [5.74, 6) is -0.235. The van der Waals surface area contributed by atoms with Crippen molar-refractivity contribution in [3.05, 3.63) is 48.6 Å². The summed E-state index contributed by atoms with van der Waals surface area (Å²) in [5.41, 5.74) is 0.909. The molecule has 0 aromatic heterocycles. The van der Waals surface area contributed by atoms with Crippen LogP contribution in [0.2, 0.25) is 0 Å². The maximum atomic E-state index is 13.2. The molecule has 9 nitrogen and oxygen atoms in total. The zero-order valence-electron chi connectivity index (χ0n) is 17.9. The predicted molar refractivity (Wildman–Crippen MR) is 117 cm³/mol. The molecular weight excluding hydrogens is 434 g/mol. The van der Waals surface area contributed by atoms with E-state index in [1.807, 2.05) is 30.3 Å². The van der Waals surface area contributed by atoms with E-state index in [1.165, 1.54) is 10.4 Å². The van der Waals surface area contributed by atoms with Crippen molar-refractivity contribution in [1.82, 2.24) is 14.5 Å². The molecule has 0 aliphatic carbocycles. The third-order valence-electron chi connectivity index (χ3n) is 6.38. The zero-order chi connectivity index (χ0) is 22.7. The predicted octanol–water partition coefficient (Wildman–Crippen LogP) is 1.47. The number of nitrogens with zero attached hydrogens (tertiary/aromatic N) is 2. The number of amides is 2. The van der Waals surface area contributed by atoms with Crippen LogP contribution < -0.4 is 5.32 Å². The van der Waals surface area contributed by atoms with Crippen molar-refractivity contribution in [3.8, 4) is 0 Å². The Balaban J connectivity index is 1.24. The average molecular weight is 464 g/mol. The van der Waals surface area contributed by atoms with Crippen LogP contribution in [0.25, 0.3) is 0 Å². The van der Waals surface area contributed by atoms with E-state index >= 15 is 0 Å². The Morgan fingerprint density at radius 1 is 1.19 bits per heavy atom. The van der Waals surface area contributed by atoms with E-state index in [9.17, 15) is 18.0 Å². The molecule has 1 N–H and O–H groups in total. The van der Waals surface area contributed by atoms with Gasteiger partial charge < -0.3 is 19.7 Å². The second-order valence-electron chi connectivity index (χ2n) is 8.46. The number of hydrogen-bond donors (Lipinski definition) is 1. The average Bonchev–Trinajstić information content (AvgIpc) is 3.37. The van der Waals surface area contributed by atoms with Gasteiger partial charge in [0.1, 0.15) is 12.8 Å². The van der Waals surface area contributed by atoms with Crippen LogP contribution in [0.4, 0.5) is 4.79 Å². The fourth-order valence-electron chi connectivity index (χ4n) is 4.60. The van der Waals surface area contributed by atoms with Crippen LogP contribution in [0.3, 0.4) is 0 Å². The van der Waals surface area contributed by atoms with Gasteiger partial charge in [0.25, 0.3) is 0 Å². The normalized spacial score (nSPS) is 26.5. The molecule has 1 aromatic carbocycles. The monoisotopic (exact) mass is 463 g/mol. The Labute approximate surface area is 188 Å². The lowest BCUT2D eigenvalue weighted by Crippen LogP contribution is -2.47. The summed E-state index contributed by atoms with van der Waals surface area (Å²) in [6, 6.07) is 9.44. The van der Waals surface area contributed by atoms with E-state index in [1.54, 1.807) is 4.90 Å². The number of sulfonamides is 1. The van der Waals surface area contributed by atoms with Crippen molar-refractivity contribution >= 4 is 22.0 Å². The molecule has 3 heterocycles. The lowest BCUT2D eigenvalue weighted by molar-refractivity contribution is -0.120. The first kappa shape index (κ1) is 22.8. The third-order valence-corrected chi connectivity index (χ3v) is 8.71. The molecule has 10 heteroatoms. The van der Waals surface area contributed by atoms with Gasteiger partial charge in [-0.1, -0.05) is 36.9 Å². The molecule has 3 fully saturated rings. The second kappa shape index (κ2) is 9.60. The summed E-state index contributed by atoms with van der Waals surface area (Å²) < 4.78 is 39.0. The number of likely N-dealkylation sites (tertiary alicyclic amines) is 1. The Bertz CT molecular complexity index is 932. The molecule has 32 heavy (non-hydrogen) atoms. The van der Waals surface area contributed by atoms with E-state index in [4.69, 9.17) is 9.47 Å². The van der Waals surface area contributed by atoms with E-state index in [0.717, 1.165) is 5.56 Å². The van der Waals surface area contributed by atoms with Crippen LogP contribution >= 0.6 is 0 Å². The van der Waals surface area contributed by atoms with Crippen molar-refractivity contribution in [1.29, 1.82) is 0 Å². The highest BCUT2D eigenvalue weighted by molar-refractivity contribution is 7.89. The molecular formula is C22H29N3O6S. The number of carbonyl (C=O) groups excluding carboxylic acids is 2. The molecule has 4 rings (SSSR count). The quantitative estimate of drug-likeness (QED) is 0.641. The fraction of sp³-hybridized carbons (Fsp3) is 0.545. The Hall–Kier alpha value is -2.43. The van der Waals surface area contributed by atoms with Crippen molar-refractivity contribution in [2.24, 2.45) is 5.92 Å². The maximum absolute atomic E-state index is 13.2. The third kappa shape index (κ3) is 4.97. The van der Waals surface area contributed by atoms with Gasteiger partial charge in [-0.05, 0) is 30.9 Å². The summed E-state index contributed by atoms with van der Waals surface area (Å²) in [4.78, 5) is 25.4. The number of benzene rings is 1. The van der Waals surface area contributed by atoms with E-state index in [-0.39, 0.29) is 24.5 Å². The van der Waals surface area contributed by atoms with Crippen molar-refractivity contribution in [2.45, 2.75) is 43.5 Å². The van der Waals surface area contributed by atoms with Gasteiger partial charge >= 0.3 is 6.09 Å². The molecule has 0 saturated carbocycles.